The smallest absolute Gasteiger partial charge is 0.457 e. The summed E-state index contributed by atoms with van der Waals surface area (Å²) >= 11 is 0. The lowest BCUT2D eigenvalue weighted by atomic mass is 9.85. The summed E-state index contributed by atoms with van der Waals surface area (Å²) < 4.78 is 34.2. The third-order valence-corrected chi connectivity index (χ3v) is 12.4. The molecule has 0 saturated heterocycles. The van der Waals surface area contributed by atoms with Crippen molar-refractivity contribution in [3.63, 3.8) is 0 Å². The van der Waals surface area contributed by atoms with Gasteiger partial charge in [0, 0.05) is 13.0 Å². The van der Waals surface area contributed by atoms with E-state index in [1.807, 2.05) is 0 Å². The van der Waals surface area contributed by atoms with Crippen LogP contribution in [0.3, 0.4) is 0 Å². The number of esters is 1. The topological polar surface area (TPSA) is 192 Å². The van der Waals surface area contributed by atoms with Gasteiger partial charge in [0.1, 0.15) is 42.7 Å². The summed E-state index contributed by atoms with van der Waals surface area (Å²) in [4.78, 5) is 23.3. The van der Waals surface area contributed by atoms with E-state index in [2.05, 4.69) is 111 Å². The van der Waals surface area contributed by atoms with E-state index in [-0.39, 0.29) is 13.0 Å². The van der Waals surface area contributed by atoms with Crippen LogP contribution in [0.5, 0.6) is 0 Å². The molecule has 1 aliphatic carbocycles. The molecule has 0 aromatic heterocycles. The largest absolute Gasteiger partial charge is 0.472 e. The zero-order chi connectivity index (χ0) is 49.8. The first-order chi connectivity index (χ1) is 33.0. The van der Waals surface area contributed by atoms with Gasteiger partial charge in [-0.3, -0.25) is 13.8 Å². The van der Waals surface area contributed by atoms with Gasteiger partial charge < -0.3 is 39.9 Å². The zero-order valence-electron chi connectivity index (χ0n) is 41.9. The second-order valence-electron chi connectivity index (χ2n) is 17.6. The van der Waals surface area contributed by atoms with E-state index in [9.17, 15) is 39.8 Å². The van der Waals surface area contributed by atoms with E-state index in [0.29, 0.717) is 13.0 Å². The highest BCUT2D eigenvalue weighted by atomic mass is 31.2. The fourth-order valence-electron chi connectivity index (χ4n) is 7.33. The highest BCUT2D eigenvalue weighted by molar-refractivity contribution is 7.47. The molecule has 0 aliphatic heterocycles. The summed E-state index contributed by atoms with van der Waals surface area (Å²) in [5.41, 5.74) is 0. The Morgan fingerprint density at radius 3 is 1.32 bits per heavy atom. The molecule has 0 spiro atoms. The van der Waals surface area contributed by atoms with Crippen LogP contribution in [0.4, 0.5) is 0 Å². The molecule has 0 bridgehead atoms. The minimum absolute atomic E-state index is 0.115. The van der Waals surface area contributed by atoms with Crippen molar-refractivity contribution < 1.29 is 58.3 Å². The Balaban J connectivity index is 2.38. The van der Waals surface area contributed by atoms with Crippen LogP contribution in [0.25, 0.3) is 0 Å². The fraction of sp³-hybridized carbons (Fsp3) is 0.691. The van der Waals surface area contributed by atoms with Crippen molar-refractivity contribution in [1.82, 2.24) is 0 Å². The highest BCUT2D eigenvalue weighted by Gasteiger charge is 2.51. The van der Waals surface area contributed by atoms with Crippen molar-refractivity contribution in [1.29, 1.82) is 0 Å². The lowest BCUT2D eigenvalue weighted by Gasteiger charge is -2.41. The molecule has 6 unspecified atom stereocenters. The molecule has 0 amide bonds. The van der Waals surface area contributed by atoms with Crippen LogP contribution >= 0.6 is 7.82 Å². The molecule has 68 heavy (non-hydrogen) atoms. The predicted octanol–water partition coefficient (Wildman–Crippen LogP) is 11.9. The zero-order valence-corrected chi connectivity index (χ0v) is 42.8. The van der Waals surface area contributed by atoms with Gasteiger partial charge in [-0.15, -0.1) is 0 Å². The Kier molecular flexibility index (Phi) is 41.1. The number of unbranched alkanes of at least 4 members (excludes halogenated alkanes) is 15. The van der Waals surface area contributed by atoms with E-state index < -0.39 is 63.1 Å². The van der Waals surface area contributed by atoms with Gasteiger partial charge in [0.25, 0.3) is 0 Å². The molecule has 390 valence electrons. The van der Waals surface area contributed by atoms with Crippen LogP contribution in [-0.2, 0) is 27.9 Å². The molecule has 13 heteroatoms. The SMILES string of the molecule is CC/C=C\C/C=C\C/C=C\C/C=C\C/C=C\CCCCOCC(COP(=O)(O)OC1C(O)C(O)C(O)C(O)C1O)OC(=O)CCCCCCCCCC/C=C\C/C=C\C/C=C\CCCCCCC. The number of hydrogen-bond donors (Lipinski definition) is 6. The van der Waals surface area contributed by atoms with Gasteiger partial charge in [-0.05, 0) is 96.3 Å². The summed E-state index contributed by atoms with van der Waals surface area (Å²) in [5.74, 6) is -0.503. The Bertz CT molecular complexity index is 1490. The summed E-state index contributed by atoms with van der Waals surface area (Å²) in [6, 6.07) is 0. The summed E-state index contributed by atoms with van der Waals surface area (Å²) in [6.45, 7) is 4.02. The maximum absolute atomic E-state index is 12.9. The molecule has 6 atom stereocenters. The van der Waals surface area contributed by atoms with Gasteiger partial charge in [0.05, 0.1) is 13.2 Å². The second kappa shape index (κ2) is 44.2. The number of carbonyl (C=O) groups excluding carboxylic acids is 1. The van der Waals surface area contributed by atoms with Crippen molar-refractivity contribution >= 4 is 13.8 Å². The molecule has 1 fully saturated rings. The van der Waals surface area contributed by atoms with Gasteiger partial charge in [0.15, 0.2) is 0 Å². The van der Waals surface area contributed by atoms with Crippen LogP contribution in [0.2, 0.25) is 0 Å². The number of rotatable bonds is 43. The monoisotopic (exact) mass is 977 g/mol. The molecule has 0 heterocycles. The van der Waals surface area contributed by atoms with Crippen LogP contribution < -0.4 is 0 Å². The Morgan fingerprint density at radius 1 is 0.485 bits per heavy atom. The molecular formula is C55H93O12P. The minimum Gasteiger partial charge on any atom is -0.457 e. The van der Waals surface area contributed by atoms with Gasteiger partial charge in [0.2, 0.25) is 0 Å². The first kappa shape index (κ1) is 63.3. The number of phosphoric acid groups is 1. The van der Waals surface area contributed by atoms with Crippen LogP contribution in [0.1, 0.15) is 181 Å². The highest BCUT2D eigenvalue weighted by Crippen LogP contribution is 2.47. The van der Waals surface area contributed by atoms with Crippen molar-refractivity contribution in [3.05, 3.63) is 97.2 Å². The third-order valence-electron chi connectivity index (χ3n) is 11.4. The molecule has 12 nitrogen and oxygen atoms in total. The minimum atomic E-state index is -5.05. The molecule has 0 aromatic rings. The molecule has 6 N–H and O–H groups in total. The first-order valence-corrected chi connectivity index (χ1v) is 27.6. The number of aliphatic hydroxyl groups excluding tert-OH is 5. The Labute approximate surface area is 411 Å². The van der Waals surface area contributed by atoms with Crippen molar-refractivity contribution in [2.75, 3.05) is 19.8 Å². The Morgan fingerprint density at radius 2 is 0.868 bits per heavy atom. The van der Waals surface area contributed by atoms with Crippen LogP contribution in [0, 0.1) is 0 Å². The van der Waals surface area contributed by atoms with E-state index in [0.717, 1.165) is 96.3 Å². The lowest BCUT2D eigenvalue weighted by molar-refractivity contribution is -0.220. The summed E-state index contributed by atoms with van der Waals surface area (Å²) in [5, 5.41) is 50.3. The summed E-state index contributed by atoms with van der Waals surface area (Å²) in [6.07, 6.45) is 49.0. The van der Waals surface area contributed by atoms with Gasteiger partial charge in [-0.2, -0.15) is 0 Å². The fourth-order valence-corrected chi connectivity index (χ4v) is 8.30. The molecule has 0 aromatic carbocycles. The van der Waals surface area contributed by atoms with Crippen molar-refractivity contribution in [2.45, 2.75) is 224 Å². The number of aliphatic hydroxyl groups is 5. The third kappa shape index (κ3) is 35.4. The van der Waals surface area contributed by atoms with E-state index >= 15 is 0 Å². The van der Waals surface area contributed by atoms with E-state index in [1.165, 1.54) is 57.8 Å². The second-order valence-corrected chi connectivity index (χ2v) is 19.0. The summed E-state index contributed by atoms with van der Waals surface area (Å²) in [7, 11) is -5.05. The van der Waals surface area contributed by atoms with Crippen LogP contribution in [0.15, 0.2) is 97.2 Å². The van der Waals surface area contributed by atoms with Crippen molar-refractivity contribution in [2.24, 2.45) is 0 Å². The molecule has 1 saturated carbocycles. The number of ether oxygens (including phenoxy) is 2. The lowest BCUT2D eigenvalue weighted by Crippen LogP contribution is -2.64. The van der Waals surface area contributed by atoms with Gasteiger partial charge in [-0.1, -0.05) is 175 Å². The maximum atomic E-state index is 12.9. The van der Waals surface area contributed by atoms with E-state index in [4.69, 9.17) is 18.5 Å². The normalized spacial score (nSPS) is 21.9. The molecule has 1 aliphatic rings. The number of hydrogen-bond acceptors (Lipinski definition) is 11. The van der Waals surface area contributed by atoms with E-state index in [1.54, 1.807) is 0 Å². The first-order valence-electron chi connectivity index (χ1n) is 26.1. The average molecular weight is 977 g/mol. The molecule has 0 radical (unpaired) electrons. The van der Waals surface area contributed by atoms with Gasteiger partial charge >= 0.3 is 13.8 Å². The number of phosphoric ester groups is 1. The quantitative estimate of drug-likeness (QED) is 0.0147. The standard InChI is InChI=1S/C55H93O12P/c1-3-5-7-9-11-13-15-17-19-21-23-24-25-26-27-28-30-32-34-36-38-40-42-44-49(56)66-48(47-65-68(62,63)67-55-53(60)51(58)50(57)52(59)54(55)61)46-64-45-43-41-39-37-35-33-31-29-22-20-18-16-14-12-10-8-6-4-2/h6,8,12,14-15,17-18,20-21,23,25-26,29,31,35,37,48,50-55,57-61H,3-5,7,9-11,13,16,19,22,24,27-28,30,32-34,36,38-47H2,1-2H3,(H,62,63)/b8-6-,14-12-,17-15-,20-18-,23-21-,26-25-,31-29-,37-35-. The molecule has 1 rings (SSSR count). The molecular weight excluding hydrogens is 884 g/mol. The Hall–Kier alpha value is -2.74. The number of carbonyl (C=O) groups is 1. The number of allylic oxidation sites excluding steroid dienone is 16. The van der Waals surface area contributed by atoms with Crippen LogP contribution in [-0.4, -0.2) is 98.9 Å². The van der Waals surface area contributed by atoms with Gasteiger partial charge in [-0.25, -0.2) is 4.57 Å². The average Bonchev–Trinajstić information content (AvgIpc) is 3.32. The maximum Gasteiger partial charge on any atom is 0.472 e. The van der Waals surface area contributed by atoms with Crippen molar-refractivity contribution in [3.8, 4) is 0 Å². The predicted molar refractivity (Wildman–Crippen MR) is 276 cm³/mol.